The third kappa shape index (κ3) is 6.16. The van der Waals surface area contributed by atoms with Gasteiger partial charge >= 0.3 is 0 Å². The van der Waals surface area contributed by atoms with Gasteiger partial charge in [-0.1, -0.05) is 0 Å². The van der Waals surface area contributed by atoms with E-state index in [1.54, 1.807) is 0 Å². The molecular formula is C13H26N3O3. The molecule has 2 fully saturated rings. The average molecular weight is 272 g/mol. The molecule has 6 heteroatoms. The van der Waals surface area contributed by atoms with Crippen LogP contribution in [0.2, 0.25) is 0 Å². The van der Waals surface area contributed by atoms with Crippen LogP contribution in [0.1, 0.15) is 6.42 Å². The number of rotatable bonds is 7. The summed E-state index contributed by atoms with van der Waals surface area (Å²) in [5.41, 5.74) is 0. The van der Waals surface area contributed by atoms with Gasteiger partial charge in [-0.25, -0.2) is 5.11 Å². The fourth-order valence-corrected chi connectivity index (χ4v) is 2.48. The van der Waals surface area contributed by atoms with Crippen molar-refractivity contribution in [3.05, 3.63) is 0 Å². The molecule has 0 saturated carbocycles. The van der Waals surface area contributed by atoms with E-state index in [-0.39, 0.29) is 0 Å². The minimum absolute atomic E-state index is 0.513. The van der Waals surface area contributed by atoms with Crippen molar-refractivity contribution in [1.82, 2.24) is 15.1 Å². The highest BCUT2D eigenvalue weighted by atomic mass is 16.6. The van der Waals surface area contributed by atoms with Crippen LogP contribution in [0, 0.1) is 0 Å². The molecule has 2 saturated heterocycles. The first kappa shape index (κ1) is 15.2. The van der Waals surface area contributed by atoms with Crippen molar-refractivity contribution in [3.63, 3.8) is 0 Å². The van der Waals surface area contributed by atoms with Crippen molar-refractivity contribution in [2.24, 2.45) is 0 Å². The van der Waals surface area contributed by atoms with E-state index in [0.29, 0.717) is 13.2 Å². The number of morpholine rings is 1. The molecule has 111 valence electrons. The molecule has 19 heavy (non-hydrogen) atoms. The lowest BCUT2D eigenvalue weighted by molar-refractivity contribution is -0.153. The zero-order valence-electron chi connectivity index (χ0n) is 11.7. The topological polar surface area (TPSA) is 56.9 Å². The Labute approximate surface area is 115 Å². The summed E-state index contributed by atoms with van der Waals surface area (Å²) in [4.78, 5) is 4.54. The summed E-state index contributed by atoms with van der Waals surface area (Å²) in [5.74, 6) is 0. The van der Waals surface area contributed by atoms with Crippen molar-refractivity contribution in [3.8, 4) is 0 Å². The summed E-state index contributed by atoms with van der Waals surface area (Å²) < 4.78 is 10.7. The number of nitrogens with zero attached hydrogens (tertiary/aromatic N) is 2. The SMILES string of the molecule is [O]C(CN1CCNCC1)OCCCN1CCOCC1. The third-order valence-corrected chi connectivity index (χ3v) is 3.64. The van der Waals surface area contributed by atoms with E-state index in [2.05, 4.69) is 15.1 Å². The Hall–Kier alpha value is -0.240. The number of piperazine rings is 1. The van der Waals surface area contributed by atoms with Gasteiger partial charge in [-0.15, -0.1) is 0 Å². The van der Waals surface area contributed by atoms with E-state index < -0.39 is 6.29 Å². The van der Waals surface area contributed by atoms with Gasteiger partial charge in [-0.3, -0.25) is 9.80 Å². The largest absolute Gasteiger partial charge is 0.379 e. The molecule has 0 aliphatic carbocycles. The van der Waals surface area contributed by atoms with Crippen LogP contribution in [-0.2, 0) is 14.6 Å². The maximum absolute atomic E-state index is 11.7. The highest BCUT2D eigenvalue weighted by Crippen LogP contribution is 2.01. The molecule has 2 aliphatic rings. The molecule has 0 aromatic heterocycles. The fraction of sp³-hybridized carbons (Fsp3) is 1.00. The Kier molecular flexibility index (Phi) is 7.05. The van der Waals surface area contributed by atoms with E-state index in [0.717, 1.165) is 65.4 Å². The first-order valence-corrected chi connectivity index (χ1v) is 7.35. The van der Waals surface area contributed by atoms with Gasteiger partial charge in [0.2, 0.25) is 6.29 Å². The smallest absolute Gasteiger partial charge is 0.204 e. The molecule has 0 aromatic rings. The first-order chi connectivity index (χ1) is 9.34. The molecule has 1 N–H and O–H groups in total. The van der Waals surface area contributed by atoms with Crippen LogP contribution >= 0.6 is 0 Å². The first-order valence-electron chi connectivity index (χ1n) is 7.35. The Morgan fingerprint density at radius 1 is 1.11 bits per heavy atom. The van der Waals surface area contributed by atoms with Gasteiger partial charge in [0.05, 0.1) is 26.4 Å². The molecule has 6 nitrogen and oxygen atoms in total. The van der Waals surface area contributed by atoms with E-state index in [1.165, 1.54) is 0 Å². The van der Waals surface area contributed by atoms with Gasteiger partial charge in [-0.05, 0) is 6.42 Å². The number of nitrogens with one attached hydrogen (secondary N) is 1. The molecule has 1 unspecified atom stereocenters. The second-order valence-corrected chi connectivity index (χ2v) is 5.16. The average Bonchev–Trinajstić information content (AvgIpc) is 2.46. The number of ether oxygens (including phenoxy) is 2. The zero-order valence-corrected chi connectivity index (χ0v) is 11.7. The molecular weight excluding hydrogens is 246 g/mol. The second-order valence-electron chi connectivity index (χ2n) is 5.16. The zero-order chi connectivity index (χ0) is 13.3. The molecule has 1 radical (unpaired) electrons. The third-order valence-electron chi connectivity index (χ3n) is 3.64. The van der Waals surface area contributed by atoms with Gasteiger partial charge < -0.3 is 14.8 Å². The van der Waals surface area contributed by atoms with Gasteiger partial charge in [0.15, 0.2) is 0 Å². The van der Waals surface area contributed by atoms with Gasteiger partial charge in [0, 0.05) is 45.8 Å². The normalized spacial score (nSPS) is 24.5. The molecule has 0 spiro atoms. The highest BCUT2D eigenvalue weighted by Gasteiger charge is 2.16. The van der Waals surface area contributed by atoms with E-state index in [1.807, 2.05) is 0 Å². The van der Waals surface area contributed by atoms with E-state index >= 15 is 0 Å². The lowest BCUT2D eigenvalue weighted by Gasteiger charge is -2.28. The van der Waals surface area contributed by atoms with Crippen LogP contribution in [0.4, 0.5) is 0 Å². The molecule has 2 rings (SSSR count). The molecule has 0 aromatic carbocycles. The monoisotopic (exact) mass is 272 g/mol. The number of hydrogen-bond acceptors (Lipinski definition) is 5. The predicted octanol–water partition coefficient (Wildman–Crippen LogP) is -0.613. The minimum atomic E-state index is -0.900. The molecule has 2 heterocycles. The Bertz CT molecular complexity index is 231. The summed E-state index contributed by atoms with van der Waals surface area (Å²) in [6, 6.07) is 0. The minimum Gasteiger partial charge on any atom is -0.379 e. The summed E-state index contributed by atoms with van der Waals surface area (Å²) in [6.45, 7) is 9.60. The van der Waals surface area contributed by atoms with Crippen molar-refractivity contribution < 1.29 is 14.6 Å². The Balaban J connectivity index is 1.47. The van der Waals surface area contributed by atoms with Crippen molar-refractivity contribution in [2.45, 2.75) is 12.7 Å². The van der Waals surface area contributed by atoms with Crippen molar-refractivity contribution >= 4 is 0 Å². The van der Waals surface area contributed by atoms with Gasteiger partial charge in [-0.2, -0.15) is 0 Å². The lowest BCUT2D eigenvalue weighted by Crippen LogP contribution is -2.46. The summed E-state index contributed by atoms with van der Waals surface area (Å²) in [6.07, 6.45) is 0.0307. The Morgan fingerprint density at radius 3 is 2.58 bits per heavy atom. The summed E-state index contributed by atoms with van der Waals surface area (Å²) in [5, 5.41) is 15.0. The lowest BCUT2D eigenvalue weighted by atomic mass is 10.3. The summed E-state index contributed by atoms with van der Waals surface area (Å²) >= 11 is 0. The molecule has 0 bridgehead atoms. The molecule has 1 atom stereocenters. The van der Waals surface area contributed by atoms with Crippen LogP contribution < -0.4 is 5.32 Å². The Morgan fingerprint density at radius 2 is 1.84 bits per heavy atom. The number of hydrogen-bond donors (Lipinski definition) is 1. The standard InChI is InChI=1S/C13H26N3O3/c17-13(12-16-5-2-14-3-6-16)19-9-1-4-15-7-10-18-11-8-15/h13-14H,1-12H2. The van der Waals surface area contributed by atoms with Gasteiger partial charge in [0.25, 0.3) is 0 Å². The maximum Gasteiger partial charge on any atom is 0.204 e. The van der Waals surface area contributed by atoms with Crippen molar-refractivity contribution in [1.29, 1.82) is 0 Å². The predicted molar refractivity (Wildman–Crippen MR) is 71.6 cm³/mol. The van der Waals surface area contributed by atoms with Crippen molar-refractivity contribution in [2.75, 3.05) is 72.2 Å². The fourth-order valence-electron chi connectivity index (χ4n) is 2.48. The molecule has 2 aliphatic heterocycles. The van der Waals surface area contributed by atoms with Crippen LogP contribution in [0.15, 0.2) is 0 Å². The quantitative estimate of drug-likeness (QED) is 0.495. The molecule has 0 amide bonds. The van der Waals surface area contributed by atoms with Crippen LogP contribution in [0.5, 0.6) is 0 Å². The van der Waals surface area contributed by atoms with Gasteiger partial charge in [0.1, 0.15) is 0 Å². The van der Waals surface area contributed by atoms with Crippen LogP contribution in [0.3, 0.4) is 0 Å². The van der Waals surface area contributed by atoms with Crippen LogP contribution in [0.25, 0.3) is 0 Å². The van der Waals surface area contributed by atoms with E-state index in [9.17, 15) is 5.11 Å². The summed E-state index contributed by atoms with van der Waals surface area (Å²) in [7, 11) is 0. The second kappa shape index (κ2) is 8.84. The highest BCUT2D eigenvalue weighted by molar-refractivity contribution is 4.68. The van der Waals surface area contributed by atoms with Crippen LogP contribution in [-0.4, -0.2) is 88.3 Å². The maximum atomic E-state index is 11.7. The van der Waals surface area contributed by atoms with E-state index in [4.69, 9.17) is 9.47 Å².